The summed E-state index contributed by atoms with van der Waals surface area (Å²) in [7, 11) is 3.64. The number of likely N-dealkylation sites (N-methyl/N-ethyl adjacent to an activating group) is 2. The predicted molar refractivity (Wildman–Crippen MR) is 90.5 cm³/mol. The summed E-state index contributed by atoms with van der Waals surface area (Å²) in [6, 6.07) is 8.32. The van der Waals surface area contributed by atoms with Crippen molar-refractivity contribution in [3.63, 3.8) is 0 Å². The summed E-state index contributed by atoms with van der Waals surface area (Å²) in [4.78, 5) is 15.5. The molecule has 2 heterocycles. The summed E-state index contributed by atoms with van der Waals surface area (Å²) in [5.74, 6) is 0.0537. The predicted octanol–water partition coefficient (Wildman–Crippen LogP) is 2.96. The molecule has 1 saturated heterocycles. The Balaban J connectivity index is 2.00. The number of nitrogens with zero attached hydrogens (tertiary/aromatic N) is 2. The van der Waals surface area contributed by atoms with E-state index >= 15 is 0 Å². The third kappa shape index (κ3) is 2.04. The van der Waals surface area contributed by atoms with Crippen LogP contribution in [0.3, 0.4) is 0 Å². The van der Waals surface area contributed by atoms with E-state index in [0.717, 1.165) is 5.70 Å². The fourth-order valence-electron chi connectivity index (χ4n) is 3.02. The van der Waals surface area contributed by atoms with E-state index in [0.29, 0.717) is 0 Å². The first-order valence-electron chi connectivity index (χ1n) is 7.09. The fourth-order valence-corrected chi connectivity index (χ4v) is 3.19. The molecule has 0 saturated carbocycles. The Labute approximate surface area is 135 Å². The average molecular weight is 314 g/mol. The van der Waals surface area contributed by atoms with Gasteiger partial charge >= 0.3 is 0 Å². The molecule has 0 aliphatic carbocycles. The van der Waals surface area contributed by atoms with Gasteiger partial charge in [0.2, 0.25) is 0 Å². The number of hydrogen-bond donors (Lipinski definition) is 0. The quantitative estimate of drug-likeness (QED) is 0.589. The normalized spacial score (nSPS) is 23.5. The first kappa shape index (κ1) is 14.8. The van der Waals surface area contributed by atoms with Crippen molar-refractivity contribution in [3.8, 4) is 0 Å². The second-order valence-corrected chi connectivity index (χ2v) is 6.37. The average Bonchev–Trinajstić information content (AvgIpc) is 2.84. The zero-order valence-corrected chi connectivity index (χ0v) is 13.9. The van der Waals surface area contributed by atoms with Gasteiger partial charge in [0.1, 0.15) is 0 Å². The molecular weight excluding hydrogens is 296 g/mol. The van der Waals surface area contributed by atoms with Gasteiger partial charge in [-0.15, -0.1) is 0 Å². The molecule has 0 radical (unpaired) electrons. The second-order valence-electron chi connectivity index (χ2n) is 6.02. The van der Waals surface area contributed by atoms with E-state index in [9.17, 15) is 4.79 Å². The van der Waals surface area contributed by atoms with Crippen LogP contribution in [0.4, 0.5) is 5.69 Å². The lowest BCUT2D eigenvalue weighted by molar-refractivity contribution is -0.122. The summed E-state index contributed by atoms with van der Waals surface area (Å²) in [6.07, 6.45) is 3.65. The van der Waals surface area contributed by atoms with E-state index in [1.165, 1.54) is 16.2 Å². The van der Waals surface area contributed by atoms with Crippen LogP contribution < -0.4 is 4.90 Å². The van der Waals surface area contributed by atoms with Gasteiger partial charge in [-0.1, -0.05) is 32.0 Å². The van der Waals surface area contributed by atoms with Crippen molar-refractivity contribution >= 4 is 29.0 Å². The van der Waals surface area contributed by atoms with E-state index < -0.39 is 0 Å². The number of anilines is 1. The van der Waals surface area contributed by atoms with Gasteiger partial charge in [0.15, 0.2) is 5.76 Å². The van der Waals surface area contributed by atoms with Crippen LogP contribution in [0.1, 0.15) is 19.4 Å². The van der Waals surface area contributed by atoms with Crippen molar-refractivity contribution in [3.05, 3.63) is 53.4 Å². The van der Waals surface area contributed by atoms with Crippen LogP contribution in [0.5, 0.6) is 0 Å². The number of fused-ring (bicyclic) bond motifs is 1. The Morgan fingerprint density at radius 2 is 1.82 bits per heavy atom. The lowest BCUT2D eigenvalue weighted by Gasteiger charge is -2.23. The Kier molecular flexibility index (Phi) is 3.33. The summed E-state index contributed by atoms with van der Waals surface area (Å²) in [6.45, 7) is 4.35. The summed E-state index contributed by atoms with van der Waals surface area (Å²) < 4.78 is 5.33. The van der Waals surface area contributed by atoms with Crippen LogP contribution in [0.25, 0.3) is 0 Å². The third-order valence-corrected chi connectivity index (χ3v) is 4.68. The highest BCUT2D eigenvalue weighted by Crippen LogP contribution is 2.46. The van der Waals surface area contributed by atoms with Crippen LogP contribution in [-0.4, -0.2) is 30.1 Å². The van der Waals surface area contributed by atoms with E-state index in [-0.39, 0.29) is 22.3 Å². The van der Waals surface area contributed by atoms with Gasteiger partial charge in [-0.3, -0.25) is 9.69 Å². The molecule has 0 unspecified atom stereocenters. The van der Waals surface area contributed by atoms with E-state index in [1.807, 2.05) is 25.3 Å². The maximum Gasteiger partial charge on any atom is 0.296 e. The number of amides is 1. The molecule has 114 valence electrons. The Morgan fingerprint density at radius 1 is 1.14 bits per heavy atom. The van der Waals surface area contributed by atoms with Gasteiger partial charge in [-0.25, -0.2) is 0 Å². The van der Waals surface area contributed by atoms with Crippen molar-refractivity contribution in [1.82, 2.24) is 4.90 Å². The Morgan fingerprint density at radius 3 is 2.41 bits per heavy atom. The molecular formula is C17H18N2O2S. The minimum atomic E-state index is -0.210. The SMILES string of the molecule is CN1C(=O)C(=CC=C2N(C)c3ccccc3C2(C)C)OC1=S. The molecule has 1 aromatic carbocycles. The summed E-state index contributed by atoms with van der Waals surface area (Å²) in [5.41, 5.74) is 3.44. The highest BCUT2D eigenvalue weighted by atomic mass is 32.1. The summed E-state index contributed by atoms with van der Waals surface area (Å²) in [5, 5.41) is 0.192. The molecule has 3 rings (SSSR count). The molecule has 1 amide bonds. The molecule has 22 heavy (non-hydrogen) atoms. The molecule has 4 nitrogen and oxygen atoms in total. The molecule has 5 heteroatoms. The van der Waals surface area contributed by atoms with Gasteiger partial charge in [0.25, 0.3) is 11.1 Å². The van der Waals surface area contributed by atoms with Crippen LogP contribution in [-0.2, 0) is 14.9 Å². The largest absolute Gasteiger partial charge is 0.426 e. The monoisotopic (exact) mass is 314 g/mol. The lowest BCUT2D eigenvalue weighted by atomic mass is 9.84. The first-order valence-corrected chi connectivity index (χ1v) is 7.50. The van der Waals surface area contributed by atoms with Crippen LogP contribution in [0.2, 0.25) is 0 Å². The number of ether oxygens (including phenoxy) is 1. The zero-order chi connectivity index (χ0) is 16.1. The van der Waals surface area contributed by atoms with E-state index in [4.69, 9.17) is 17.0 Å². The van der Waals surface area contributed by atoms with Crippen molar-refractivity contribution in [2.75, 3.05) is 19.0 Å². The standard InChI is InChI=1S/C17H18N2O2S/c1-17(2)11-7-5-6-8-12(11)18(3)14(17)10-9-13-15(20)19(4)16(22)21-13/h5-10H,1-4H3. The topological polar surface area (TPSA) is 32.8 Å². The second kappa shape index (κ2) is 4.95. The van der Waals surface area contributed by atoms with E-state index in [1.54, 1.807) is 13.1 Å². The number of carbonyl (C=O) groups is 1. The third-order valence-electron chi connectivity index (χ3n) is 4.32. The van der Waals surface area contributed by atoms with Crippen molar-refractivity contribution in [1.29, 1.82) is 0 Å². The highest BCUT2D eigenvalue weighted by Gasteiger charge is 2.38. The number of benzene rings is 1. The minimum absolute atomic E-state index is 0.129. The van der Waals surface area contributed by atoms with Gasteiger partial charge in [0, 0.05) is 30.9 Å². The lowest BCUT2D eigenvalue weighted by Crippen LogP contribution is -2.23. The molecule has 2 aliphatic rings. The highest BCUT2D eigenvalue weighted by molar-refractivity contribution is 7.80. The number of thiocarbonyl (C=S) groups is 1. The maximum absolute atomic E-state index is 12.0. The number of para-hydroxylation sites is 1. The number of carbonyl (C=O) groups excluding carboxylic acids is 1. The van der Waals surface area contributed by atoms with Crippen LogP contribution >= 0.6 is 12.2 Å². The van der Waals surface area contributed by atoms with Crippen LogP contribution in [0, 0.1) is 0 Å². The smallest absolute Gasteiger partial charge is 0.296 e. The summed E-state index contributed by atoms with van der Waals surface area (Å²) >= 11 is 4.98. The molecule has 0 spiro atoms. The molecule has 1 fully saturated rings. The number of hydrogen-bond acceptors (Lipinski definition) is 4. The molecule has 0 aromatic heterocycles. The molecule has 1 aromatic rings. The van der Waals surface area contributed by atoms with Crippen molar-refractivity contribution in [2.45, 2.75) is 19.3 Å². The number of allylic oxidation sites excluding steroid dienone is 3. The van der Waals surface area contributed by atoms with Gasteiger partial charge in [0.05, 0.1) is 0 Å². The molecule has 2 aliphatic heterocycles. The fraction of sp³-hybridized carbons (Fsp3) is 0.294. The number of rotatable bonds is 1. The zero-order valence-electron chi connectivity index (χ0n) is 13.1. The molecule has 0 atom stereocenters. The molecule has 0 bridgehead atoms. The van der Waals surface area contributed by atoms with E-state index in [2.05, 4.69) is 30.9 Å². The van der Waals surface area contributed by atoms with Gasteiger partial charge < -0.3 is 9.64 Å². The van der Waals surface area contributed by atoms with Gasteiger partial charge in [-0.2, -0.15) is 0 Å². The van der Waals surface area contributed by atoms with Crippen molar-refractivity contribution < 1.29 is 9.53 Å². The molecule has 0 N–H and O–H groups in total. The van der Waals surface area contributed by atoms with Crippen molar-refractivity contribution in [2.24, 2.45) is 0 Å². The minimum Gasteiger partial charge on any atom is -0.426 e. The van der Waals surface area contributed by atoms with Gasteiger partial charge in [-0.05, 0) is 36.0 Å². The Bertz CT molecular complexity index is 734. The maximum atomic E-state index is 12.0. The van der Waals surface area contributed by atoms with Crippen LogP contribution in [0.15, 0.2) is 47.9 Å². The first-order chi connectivity index (χ1) is 10.3. The Hall–Kier alpha value is -2.14.